The van der Waals surface area contributed by atoms with Crippen LogP contribution >= 0.6 is 0 Å². The number of hydrogen-bond donors (Lipinski definition) is 1. The Bertz CT molecular complexity index is 397. The van der Waals surface area contributed by atoms with Gasteiger partial charge in [0.05, 0.1) is 0 Å². The van der Waals surface area contributed by atoms with Crippen molar-refractivity contribution in [1.82, 2.24) is 10.2 Å². The number of benzene rings is 1. The van der Waals surface area contributed by atoms with Gasteiger partial charge in [0.15, 0.2) is 0 Å². The van der Waals surface area contributed by atoms with Gasteiger partial charge in [-0.2, -0.15) is 13.2 Å². The molecule has 2 nitrogen and oxygen atoms in total. The Morgan fingerprint density at radius 2 is 1.80 bits per heavy atom. The van der Waals surface area contributed by atoms with E-state index in [-0.39, 0.29) is 0 Å². The third-order valence-corrected chi connectivity index (χ3v) is 3.93. The van der Waals surface area contributed by atoms with Gasteiger partial charge in [0.1, 0.15) is 6.04 Å². The van der Waals surface area contributed by atoms with Gasteiger partial charge in [-0.05, 0) is 51.0 Å². The predicted molar refractivity (Wildman–Crippen MR) is 73.5 cm³/mol. The highest BCUT2D eigenvalue weighted by Crippen LogP contribution is 2.39. The summed E-state index contributed by atoms with van der Waals surface area (Å²) in [6.07, 6.45) is -2.59. The molecule has 2 rings (SSSR count). The molecule has 1 atom stereocenters. The number of rotatable bonds is 4. The molecule has 1 N–H and O–H groups in total. The van der Waals surface area contributed by atoms with Crippen LogP contribution in [0.3, 0.4) is 0 Å². The molecule has 112 valence electrons. The molecule has 0 aromatic heterocycles. The Morgan fingerprint density at radius 1 is 1.20 bits per heavy atom. The Kier molecular flexibility index (Phi) is 5.05. The molecule has 1 saturated heterocycles. The number of hydrogen-bond acceptors (Lipinski definition) is 2. The quantitative estimate of drug-likeness (QED) is 0.914. The Balaban J connectivity index is 2.10. The van der Waals surface area contributed by atoms with Gasteiger partial charge in [0.2, 0.25) is 0 Å². The van der Waals surface area contributed by atoms with Gasteiger partial charge >= 0.3 is 6.18 Å². The van der Waals surface area contributed by atoms with Crippen molar-refractivity contribution in [3.8, 4) is 0 Å². The van der Waals surface area contributed by atoms with Crippen molar-refractivity contribution < 1.29 is 13.2 Å². The minimum Gasteiger partial charge on any atom is -0.319 e. The molecular weight excluding hydrogens is 265 g/mol. The van der Waals surface area contributed by atoms with Crippen LogP contribution in [-0.2, 0) is 0 Å². The molecule has 20 heavy (non-hydrogen) atoms. The standard InChI is InChI=1S/C15H21F3N2/c1-19-11-12-7-9-20(10-8-12)14(15(16,17)18)13-5-3-2-4-6-13/h2-6,12,14,19H,7-11H2,1H3. The van der Waals surface area contributed by atoms with Crippen LogP contribution in [0.4, 0.5) is 13.2 Å². The average Bonchev–Trinajstić information content (AvgIpc) is 2.41. The molecule has 0 radical (unpaired) electrons. The third-order valence-electron chi connectivity index (χ3n) is 3.93. The van der Waals surface area contributed by atoms with Crippen molar-refractivity contribution in [3.63, 3.8) is 0 Å². The van der Waals surface area contributed by atoms with E-state index >= 15 is 0 Å². The maximum absolute atomic E-state index is 13.4. The van der Waals surface area contributed by atoms with E-state index < -0.39 is 12.2 Å². The molecule has 1 aliphatic rings. The lowest BCUT2D eigenvalue weighted by atomic mass is 9.94. The second kappa shape index (κ2) is 6.59. The van der Waals surface area contributed by atoms with E-state index in [1.54, 1.807) is 35.2 Å². The summed E-state index contributed by atoms with van der Waals surface area (Å²) in [5.41, 5.74) is 0.340. The van der Waals surface area contributed by atoms with E-state index in [4.69, 9.17) is 0 Å². The first-order chi connectivity index (χ1) is 9.52. The van der Waals surface area contributed by atoms with Gasteiger partial charge in [-0.15, -0.1) is 0 Å². The fourth-order valence-electron chi connectivity index (χ4n) is 2.95. The zero-order chi connectivity index (χ0) is 14.6. The SMILES string of the molecule is CNCC1CCN(C(c2ccccc2)C(F)(F)F)CC1. The Morgan fingerprint density at radius 3 is 2.30 bits per heavy atom. The summed E-state index contributed by atoms with van der Waals surface area (Å²) < 4.78 is 40.1. The maximum atomic E-state index is 13.4. The molecule has 1 aliphatic heterocycles. The molecule has 1 aromatic carbocycles. The van der Waals surface area contributed by atoms with E-state index in [0.717, 1.165) is 19.4 Å². The molecule has 1 heterocycles. The minimum absolute atomic E-state index is 0.340. The van der Waals surface area contributed by atoms with E-state index in [0.29, 0.717) is 24.6 Å². The van der Waals surface area contributed by atoms with E-state index in [1.165, 1.54) is 0 Å². The topological polar surface area (TPSA) is 15.3 Å². The fourth-order valence-corrected chi connectivity index (χ4v) is 2.95. The molecule has 1 fully saturated rings. The summed E-state index contributed by atoms with van der Waals surface area (Å²) in [6, 6.07) is 6.74. The minimum atomic E-state index is -4.23. The molecule has 1 unspecified atom stereocenters. The number of alkyl halides is 3. The normalized spacial score (nSPS) is 20.0. The molecule has 0 bridgehead atoms. The average molecular weight is 286 g/mol. The number of nitrogens with one attached hydrogen (secondary N) is 1. The summed E-state index contributed by atoms with van der Waals surface area (Å²) in [7, 11) is 1.88. The van der Waals surface area contributed by atoms with Crippen LogP contribution in [0.5, 0.6) is 0 Å². The van der Waals surface area contributed by atoms with E-state index in [2.05, 4.69) is 5.32 Å². The van der Waals surface area contributed by atoms with Crippen LogP contribution in [0.15, 0.2) is 30.3 Å². The number of nitrogens with zero attached hydrogens (tertiary/aromatic N) is 1. The first-order valence-electron chi connectivity index (χ1n) is 7.02. The highest BCUT2D eigenvalue weighted by molar-refractivity contribution is 5.20. The van der Waals surface area contributed by atoms with Gasteiger partial charge in [0, 0.05) is 0 Å². The fraction of sp³-hybridized carbons (Fsp3) is 0.600. The van der Waals surface area contributed by atoms with Crippen molar-refractivity contribution in [2.24, 2.45) is 5.92 Å². The molecule has 1 aromatic rings. The van der Waals surface area contributed by atoms with Crippen LogP contribution in [-0.4, -0.2) is 37.8 Å². The predicted octanol–water partition coefficient (Wildman–Crippen LogP) is 3.22. The van der Waals surface area contributed by atoms with Crippen molar-refractivity contribution >= 4 is 0 Å². The van der Waals surface area contributed by atoms with Crippen LogP contribution in [0.25, 0.3) is 0 Å². The zero-order valence-electron chi connectivity index (χ0n) is 11.7. The molecule has 0 spiro atoms. The first kappa shape index (κ1) is 15.3. The van der Waals surface area contributed by atoms with Gasteiger partial charge in [-0.25, -0.2) is 0 Å². The van der Waals surface area contributed by atoms with Gasteiger partial charge in [-0.1, -0.05) is 30.3 Å². The summed E-state index contributed by atoms with van der Waals surface area (Å²) in [5.74, 6) is 0.487. The second-order valence-electron chi connectivity index (χ2n) is 5.39. The lowest BCUT2D eigenvalue weighted by molar-refractivity contribution is -0.189. The van der Waals surface area contributed by atoms with Crippen molar-refractivity contribution in [3.05, 3.63) is 35.9 Å². The van der Waals surface area contributed by atoms with Crippen LogP contribution in [0, 0.1) is 5.92 Å². The molecule has 0 amide bonds. The van der Waals surface area contributed by atoms with E-state index in [1.807, 2.05) is 7.05 Å². The van der Waals surface area contributed by atoms with E-state index in [9.17, 15) is 13.2 Å². The van der Waals surface area contributed by atoms with Crippen LogP contribution < -0.4 is 5.32 Å². The Hall–Kier alpha value is -1.07. The highest BCUT2D eigenvalue weighted by Gasteiger charge is 2.45. The summed E-state index contributed by atoms with van der Waals surface area (Å²) in [5, 5.41) is 3.10. The molecule has 0 aliphatic carbocycles. The first-order valence-corrected chi connectivity index (χ1v) is 7.02. The van der Waals surface area contributed by atoms with Crippen molar-refractivity contribution in [2.75, 3.05) is 26.7 Å². The van der Waals surface area contributed by atoms with Gasteiger partial charge < -0.3 is 5.32 Å². The summed E-state index contributed by atoms with van der Waals surface area (Å²) in [6.45, 7) is 1.90. The van der Waals surface area contributed by atoms with Crippen LogP contribution in [0.1, 0.15) is 24.4 Å². The number of halogens is 3. The number of piperidine rings is 1. The largest absolute Gasteiger partial charge is 0.408 e. The maximum Gasteiger partial charge on any atom is 0.408 e. The van der Waals surface area contributed by atoms with Crippen molar-refractivity contribution in [2.45, 2.75) is 25.1 Å². The lowest BCUT2D eigenvalue weighted by Crippen LogP contribution is -2.44. The van der Waals surface area contributed by atoms with Crippen LogP contribution in [0.2, 0.25) is 0 Å². The molecular formula is C15H21F3N2. The molecule has 5 heteroatoms. The zero-order valence-corrected chi connectivity index (χ0v) is 11.7. The second-order valence-corrected chi connectivity index (χ2v) is 5.39. The monoisotopic (exact) mass is 286 g/mol. The summed E-state index contributed by atoms with van der Waals surface area (Å²) in [4.78, 5) is 1.57. The third kappa shape index (κ3) is 3.73. The molecule has 0 saturated carbocycles. The van der Waals surface area contributed by atoms with Crippen molar-refractivity contribution in [1.29, 1.82) is 0 Å². The van der Waals surface area contributed by atoms with Gasteiger partial charge in [0.25, 0.3) is 0 Å². The number of likely N-dealkylation sites (tertiary alicyclic amines) is 1. The summed E-state index contributed by atoms with van der Waals surface area (Å²) >= 11 is 0. The van der Waals surface area contributed by atoms with Gasteiger partial charge in [-0.3, -0.25) is 4.90 Å². The Labute approximate surface area is 118 Å². The lowest BCUT2D eigenvalue weighted by Gasteiger charge is -2.38. The smallest absolute Gasteiger partial charge is 0.319 e. The highest BCUT2D eigenvalue weighted by atomic mass is 19.4.